The van der Waals surface area contributed by atoms with E-state index in [1.54, 1.807) is 23.5 Å². The summed E-state index contributed by atoms with van der Waals surface area (Å²) in [6, 6.07) is 22.5. The number of ether oxygens (including phenoxy) is 1. The van der Waals surface area contributed by atoms with Crippen molar-refractivity contribution in [2.24, 2.45) is 8.73 Å². The summed E-state index contributed by atoms with van der Waals surface area (Å²) >= 11 is 5.50. The summed E-state index contributed by atoms with van der Waals surface area (Å²) in [5.41, 5.74) is 8.01. The zero-order valence-electron chi connectivity index (χ0n) is 20.4. The van der Waals surface area contributed by atoms with Gasteiger partial charge in [0.15, 0.2) is 0 Å². The van der Waals surface area contributed by atoms with Crippen LogP contribution in [-0.4, -0.2) is 15.1 Å². The van der Waals surface area contributed by atoms with Gasteiger partial charge in [-0.25, -0.2) is 0 Å². The van der Waals surface area contributed by atoms with E-state index in [4.69, 9.17) is 0 Å². The molecule has 7 rings (SSSR count). The largest absolute Gasteiger partial charge is 0.573 e. The first-order valence-electron chi connectivity index (χ1n) is 11.9. The molecule has 40 heavy (non-hydrogen) atoms. The minimum absolute atomic E-state index is 0.256. The maximum atomic E-state index is 12.5. The quantitative estimate of drug-likeness (QED) is 0.195. The molecular weight excluding hydrogens is 594 g/mol. The predicted octanol–water partition coefficient (Wildman–Crippen LogP) is 10.4. The first kappa shape index (κ1) is 25.3. The van der Waals surface area contributed by atoms with Gasteiger partial charge in [-0.15, -0.1) is 35.8 Å². The molecule has 198 valence electrons. The van der Waals surface area contributed by atoms with Crippen LogP contribution >= 0.6 is 34.4 Å². The molecule has 1 aliphatic rings. The molecule has 6 aromatic rings. The zero-order valence-corrected chi connectivity index (χ0v) is 23.7. The van der Waals surface area contributed by atoms with Gasteiger partial charge < -0.3 is 4.74 Å². The second kappa shape index (κ2) is 9.73. The Morgan fingerprint density at radius 2 is 1.10 bits per heavy atom. The summed E-state index contributed by atoms with van der Waals surface area (Å²) in [6.07, 6.45) is -4.73. The summed E-state index contributed by atoms with van der Waals surface area (Å²) in [7, 11) is 0. The lowest BCUT2D eigenvalue weighted by Gasteiger charge is -2.10. The van der Waals surface area contributed by atoms with E-state index in [9.17, 15) is 13.2 Å². The molecule has 0 unspecified atom stereocenters. The molecule has 3 aromatic heterocycles. The highest BCUT2D eigenvalue weighted by atomic mass is 32.1. The number of hydrogen-bond acceptors (Lipinski definition) is 8. The smallest absolute Gasteiger partial charge is 0.406 e. The Morgan fingerprint density at radius 1 is 0.625 bits per heavy atom. The third-order valence-corrected chi connectivity index (χ3v) is 9.70. The molecule has 0 saturated carbocycles. The molecule has 1 aliphatic heterocycles. The van der Waals surface area contributed by atoms with Gasteiger partial charge in [-0.2, -0.15) is 17.5 Å². The molecule has 0 N–H and O–H groups in total. The fraction of sp³-hybridized carbons (Fsp3) is 0.0714. The highest BCUT2D eigenvalue weighted by molar-refractivity contribution is 7.58. The Morgan fingerprint density at radius 3 is 1.60 bits per heavy atom. The normalized spacial score (nSPS) is 12.6. The number of hydrogen-bond donors (Lipinski definition) is 0. The van der Waals surface area contributed by atoms with Crippen LogP contribution in [0.1, 0.15) is 5.56 Å². The summed E-state index contributed by atoms with van der Waals surface area (Å²) < 4.78 is 60.3. The number of alkyl halides is 3. The van der Waals surface area contributed by atoms with E-state index in [1.165, 1.54) is 29.0 Å². The lowest BCUT2D eigenvalue weighted by Crippen LogP contribution is -2.16. The van der Waals surface area contributed by atoms with E-state index >= 15 is 0 Å². The first-order chi connectivity index (χ1) is 19.3. The lowest BCUT2D eigenvalue weighted by molar-refractivity contribution is -0.274. The van der Waals surface area contributed by atoms with Crippen molar-refractivity contribution in [3.05, 3.63) is 78.4 Å². The minimum Gasteiger partial charge on any atom is -0.406 e. The van der Waals surface area contributed by atoms with E-state index in [0.717, 1.165) is 87.3 Å². The Labute approximate surface area is 241 Å². The average molecular weight is 609 g/mol. The van der Waals surface area contributed by atoms with Crippen LogP contribution in [0, 0.1) is 6.92 Å². The van der Waals surface area contributed by atoms with Gasteiger partial charge in [0.25, 0.3) is 0 Å². The van der Waals surface area contributed by atoms with Gasteiger partial charge in [0.2, 0.25) is 0 Å². The summed E-state index contributed by atoms with van der Waals surface area (Å²) in [5, 5.41) is 0. The SMILES string of the molecule is Cc1ccc(-c2ccc(-c3c4c(c(-c5ccc(-c6ccc(OC(F)(F)F)cc6)s5)c5nsnc35)N=S=N4)s2)cc1. The second-order valence-electron chi connectivity index (χ2n) is 8.94. The van der Waals surface area contributed by atoms with Gasteiger partial charge in [-0.1, -0.05) is 29.8 Å². The predicted molar refractivity (Wildman–Crippen MR) is 158 cm³/mol. The fourth-order valence-electron chi connectivity index (χ4n) is 4.52. The number of rotatable bonds is 5. The topological polar surface area (TPSA) is 59.7 Å². The van der Waals surface area contributed by atoms with Gasteiger partial charge in [-0.05, 0) is 66.6 Å². The van der Waals surface area contributed by atoms with Crippen molar-refractivity contribution in [1.29, 1.82) is 0 Å². The van der Waals surface area contributed by atoms with Crippen LogP contribution in [0.2, 0.25) is 0 Å². The maximum absolute atomic E-state index is 12.5. The molecule has 4 heterocycles. The first-order valence-corrected chi connectivity index (χ1v) is 15.0. The molecule has 0 radical (unpaired) electrons. The summed E-state index contributed by atoms with van der Waals surface area (Å²) in [6.45, 7) is 2.07. The van der Waals surface area contributed by atoms with Crippen molar-refractivity contribution < 1.29 is 17.9 Å². The molecule has 0 saturated heterocycles. The molecule has 0 fully saturated rings. The van der Waals surface area contributed by atoms with Crippen LogP contribution in [0.15, 0.2) is 81.5 Å². The number of halogens is 3. The Bertz CT molecular complexity index is 1970. The number of benzene rings is 3. The van der Waals surface area contributed by atoms with Gasteiger partial charge in [0, 0.05) is 30.6 Å². The average Bonchev–Trinajstić information content (AvgIpc) is 3.74. The monoisotopic (exact) mass is 608 g/mol. The Kier molecular flexibility index (Phi) is 6.15. The van der Waals surface area contributed by atoms with Crippen molar-refractivity contribution in [1.82, 2.24) is 8.75 Å². The van der Waals surface area contributed by atoms with Crippen molar-refractivity contribution >= 4 is 68.2 Å². The van der Waals surface area contributed by atoms with Gasteiger partial charge in [0.05, 0.1) is 23.1 Å². The van der Waals surface area contributed by atoms with Crippen molar-refractivity contribution in [2.75, 3.05) is 0 Å². The third kappa shape index (κ3) is 4.56. The van der Waals surface area contributed by atoms with Gasteiger partial charge in [0.1, 0.15) is 28.2 Å². The Balaban J connectivity index is 1.29. The lowest BCUT2D eigenvalue weighted by atomic mass is 10.0. The highest BCUT2D eigenvalue weighted by Gasteiger charge is 2.31. The minimum atomic E-state index is -4.73. The van der Waals surface area contributed by atoms with E-state index in [0.29, 0.717) is 0 Å². The second-order valence-corrected chi connectivity index (χ2v) is 12.2. The van der Waals surface area contributed by atoms with Crippen molar-refractivity contribution in [3.63, 3.8) is 0 Å². The number of aryl methyl sites for hydroxylation is 1. The van der Waals surface area contributed by atoms with Crippen LogP contribution in [-0.2, 0) is 11.4 Å². The van der Waals surface area contributed by atoms with E-state index < -0.39 is 6.36 Å². The number of nitrogens with zero attached hydrogens (tertiary/aromatic N) is 4. The molecule has 0 spiro atoms. The molecule has 3 aromatic carbocycles. The maximum Gasteiger partial charge on any atom is 0.573 e. The van der Waals surface area contributed by atoms with E-state index in [-0.39, 0.29) is 5.75 Å². The molecule has 0 bridgehead atoms. The van der Waals surface area contributed by atoms with Gasteiger partial charge in [-0.3, -0.25) is 0 Å². The molecule has 0 atom stereocenters. The highest BCUT2D eigenvalue weighted by Crippen LogP contribution is 2.54. The van der Waals surface area contributed by atoms with Crippen molar-refractivity contribution in [3.8, 4) is 47.5 Å². The summed E-state index contributed by atoms with van der Waals surface area (Å²) in [5.74, 6) is -0.256. The van der Waals surface area contributed by atoms with E-state index in [1.807, 2.05) is 12.1 Å². The van der Waals surface area contributed by atoms with Crippen LogP contribution in [0.5, 0.6) is 5.75 Å². The molecule has 0 aliphatic carbocycles. The number of aromatic nitrogens is 2. The van der Waals surface area contributed by atoms with Crippen LogP contribution in [0.3, 0.4) is 0 Å². The van der Waals surface area contributed by atoms with Crippen LogP contribution in [0.4, 0.5) is 24.5 Å². The Hall–Kier alpha value is -3.71. The third-order valence-electron chi connectivity index (χ3n) is 6.34. The van der Waals surface area contributed by atoms with Crippen LogP contribution in [0.25, 0.3) is 52.8 Å². The zero-order chi connectivity index (χ0) is 27.4. The molecule has 5 nitrogen and oxygen atoms in total. The van der Waals surface area contributed by atoms with Crippen molar-refractivity contribution in [2.45, 2.75) is 13.3 Å². The molecule has 0 amide bonds. The van der Waals surface area contributed by atoms with Crippen LogP contribution < -0.4 is 4.74 Å². The number of fused-ring (bicyclic) bond motifs is 2. The fourth-order valence-corrected chi connectivity index (χ4v) is 7.75. The van der Waals surface area contributed by atoms with Gasteiger partial charge >= 0.3 is 6.36 Å². The summed E-state index contributed by atoms with van der Waals surface area (Å²) in [4.78, 5) is 4.03. The van der Waals surface area contributed by atoms with E-state index in [2.05, 4.69) is 65.5 Å². The molecular formula is C28H15F3N4OS4. The standard InChI is InChI=1S/C28H15F3N4OS4/c1-14-2-4-15(5-3-14)18-10-12-20(37-18)22-24-26(34-39-32-24)23(27-25(22)33-40-35-27)21-13-11-19(38-21)16-6-8-17(9-7-16)36-28(29,30)31/h2-13H,1H3. The number of thiophene rings is 2. The molecule has 12 heteroatoms.